The van der Waals surface area contributed by atoms with Crippen LogP contribution < -0.4 is 4.90 Å². The number of fused-ring (bicyclic) bond motifs is 1. The molecular formula is C21H20F3N7. The summed E-state index contributed by atoms with van der Waals surface area (Å²) in [6.07, 6.45) is 3.08. The van der Waals surface area contributed by atoms with E-state index in [2.05, 4.69) is 25.1 Å². The van der Waals surface area contributed by atoms with Crippen LogP contribution in [0.15, 0.2) is 43.0 Å². The maximum absolute atomic E-state index is 13.1. The van der Waals surface area contributed by atoms with Crippen LogP contribution in [0, 0.1) is 6.92 Å². The first-order valence-corrected chi connectivity index (χ1v) is 10.0. The van der Waals surface area contributed by atoms with Gasteiger partial charge in [0.15, 0.2) is 11.3 Å². The third-order valence-corrected chi connectivity index (χ3v) is 5.74. The SMILES string of the molecule is Cc1[nH]ncc1C1CCCN(c2cccc(-c3cnc4cnc(C(F)(F)F)cn34)n2)C1. The number of pyridine rings is 1. The van der Waals surface area contributed by atoms with Gasteiger partial charge in [-0.05, 0) is 37.5 Å². The second kappa shape index (κ2) is 7.36. The largest absolute Gasteiger partial charge is 0.434 e. The fourth-order valence-corrected chi connectivity index (χ4v) is 4.18. The standard InChI is InChI=1S/C21H20F3N7/c1-13-15(8-27-29-13)14-4-3-7-30(11-14)19-6-2-5-16(28-19)17-9-26-20-10-25-18(12-31(17)20)21(22,23)24/h2,5-6,8-10,12,14H,3-4,7,11H2,1H3,(H,27,29). The molecule has 0 saturated carbocycles. The van der Waals surface area contributed by atoms with E-state index in [0.717, 1.165) is 49.8 Å². The molecule has 7 nitrogen and oxygen atoms in total. The van der Waals surface area contributed by atoms with E-state index in [1.807, 2.05) is 25.3 Å². The van der Waals surface area contributed by atoms with Crippen LogP contribution in [0.2, 0.25) is 0 Å². The second-order valence-corrected chi connectivity index (χ2v) is 7.76. The first-order valence-electron chi connectivity index (χ1n) is 10.0. The second-order valence-electron chi connectivity index (χ2n) is 7.76. The van der Waals surface area contributed by atoms with Gasteiger partial charge in [0, 0.05) is 30.9 Å². The molecule has 31 heavy (non-hydrogen) atoms. The van der Waals surface area contributed by atoms with Crippen molar-refractivity contribution in [2.24, 2.45) is 0 Å². The fourth-order valence-electron chi connectivity index (χ4n) is 4.18. The van der Waals surface area contributed by atoms with E-state index in [4.69, 9.17) is 4.98 Å². The number of alkyl halides is 3. The molecule has 1 aliphatic heterocycles. The monoisotopic (exact) mass is 427 g/mol. The van der Waals surface area contributed by atoms with Crippen molar-refractivity contribution in [1.29, 1.82) is 0 Å². The molecule has 1 unspecified atom stereocenters. The zero-order valence-corrected chi connectivity index (χ0v) is 16.8. The number of rotatable bonds is 3. The molecule has 0 aliphatic carbocycles. The molecular weight excluding hydrogens is 407 g/mol. The Labute approximate surface area is 176 Å². The minimum absolute atomic E-state index is 0.337. The molecule has 0 aromatic carbocycles. The highest BCUT2D eigenvalue weighted by molar-refractivity contribution is 5.62. The number of imidazole rings is 1. The molecule has 1 fully saturated rings. The van der Waals surface area contributed by atoms with E-state index in [9.17, 15) is 13.2 Å². The van der Waals surface area contributed by atoms with E-state index < -0.39 is 11.9 Å². The zero-order chi connectivity index (χ0) is 21.6. The van der Waals surface area contributed by atoms with Crippen molar-refractivity contribution >= 4 is 11.5 Å². The van der Waals surface area contributed by atoms with E-state index in [-0.39, 0.29) is 0 Å². The lowest BCUT2D eigenvalue weighted by Gasteiger charge is -2.33. The number of hydrogen-bond acceptors (Lipinski definition) is 5. The topological polar surface area (TPSA) is 75.0 Å². The van der Waals surface area contributed by atoms with Gasteiger partial charge in [0.05, 0.1) is 30.0 Å². The Kier molecular flexibility index (Phi) is 4.64. The molecule has 0 amide bonds. The minimum Gasteiger partial charge on any atom is -0.356 e. The summed E-state index contributed by atoms with van der Waals surface area (Å²) in [7, 11) is 0. The van der Waals surface area contributed by atoms with Gasteiger partial charge in [0.1, 0.15) is 5.82 Å². The number of aromatic amines is 1. The highest BCUT2D eigenvalue weighted by Crippen LogP contribution is 2.32. The Bertz CT molecular complexity index is 1230. The number of aryl methyl sites for hydroxylation is 1. The number of halogens is 3. The molecule has 10 heteroatoms. The van der Waals surface area contributed by atoms with Gasteiger partial charge < -0.3 is 4.90 Å². The van der Waals surface area contributed by atoms with Crippen LogP contribution in [-0.2, 0) is 6.18 Å². The Morgan fingerprint density at radius 1 is 1.13 bits per heavy atom. The first kappa shape index (κ1) is 19.5. The number of H-pyrrole nitrogens is 1. The summed E-state index contributed by atoms with van der Waals surface area (Å²) in [4.78, 5) is 14.6. The summed E-state index contributed by atoms with van der Waals surface area (Å²) < 4.78 is 40.7. The van der Waals surface area contributed by atoms with Crippen LogP contribution in [0.4, 0.5) is 19.0 Å². The number of aromatic nitrogens is 6. The molecule has 0 radical (unpaired) electrons. The van der Waals surface area contributed by atoms with Crippen molar-refractivity contribution in [3.05, 3.63) is 59.9 Å². The zero-order valence-electron chi connectivity index (χ0n) is 16.8. The molecule has 0 bridgehead atoms. The van der Waals surface area contributed by atoms with Crippen molar-refractivity contribution in [3.8, 4) is 11.4 Å². The van der Waals surface area contributed by atoms with Gasteiger partial charge in [-0.1, -0.05) is 6.07 Å². The fraction of sp³-hybridized carbons (Fsp3) is 0.333. The van der Waals surface area contributed by atoms with Crippen LogP contribution in [-0.4, -0.2) is 42.6 Å². The average Bonchev–Trinajstić information content (AvgIpc) is 3.39. The minimum atomic E-state index is -4.53. The van der Waals surface area contributed by atoms with Crippen LogP contribution in [0.5, 0.6) is 0 Å². The average molecular weight is 427 g/mol. The lowest BCUT2D eigenvalue weighted by Crippen LogP contribution is -2.35. The lowest BCUT2D eigenvalue weighted by molar-refractivity contribution is -0.141. The van der Waals surface area contributed by atoms with Crippen molar-refractivity contribution in [1.82, 2.24) is 29.5 Å². The predicted molar refractivity (Wildman–Crippen MR) is 109 cm³/mol. The molecule has 1 atom stereocenters. The van der Waals surface area contributed by atoms with Crippen molar-refractivity contribution < 1.29 is 13.2 Å². The number of hydrogen-bond donors (Lipinski definition) is 1. The summed E-state index contributed by atoms with van der Waals surface area (Å²) in [6.45, 7) is 3.71. The molecule has 4 aromatic rings. The summed E-state index contributed by atoms with van der Waals surface area (Å²) in [5, 5.41) is 7.14. The van der Waals surface area contributed by atoms with E-state index in [1.165, 1.54) is 16.2 Å². The third kappa shape index (κ3) is 3.62. The number of nitrogens with one attached hydrogen (secondary N) is 1. The van der Waals surface area contributed by atoms with Gasteiger partial charge in [0.25, 0.3) is 0 Å². The van der Waals surface area contributed by atoms with Gasteiger partial charge in [-0.25, -0.2) is 15.0 Å². The normalized spacial score (nSPS) is 17.4. The third-order valence-electron chi connectivity index (χ3n) is 5.74. The molecule has 0 spiro atoms. The van der Waals surface area contributed by atoms with E-state index in [0.29, 0.717) is 23.0 Å². The quantitative estimate of drug-likeness (QED) is 0.530. The van der Waals surface area contributed by atoms with Crippen LogP contribution >= 0.6 is 0 Å². The molecule has 160 valence electrons. The van der Waals surface area contributed by atoms with Crippen LogP contribution in [0.25, 0.3) is 17.0 Å². The van der Waals surface area contributed by atoms with Crippen LogP contribution in [0.3, 0.4) is 0 Å². The van der Waals surface area contributed by atoms with Gasteiger partial charge >= 0.3 is 6.18 Å². The molecule has 5 rings (SSSR count). The predicted octanol–water partition coefficient (Wildman–Crippen LogP) is 4.23. The summed E-state index contributed by atoms with van der Waals surface area (Å²) in [6, 6.07) is 5.58. The lowest BCUT2D eigenvalue weighted by atomic mass is 9.91. The molecule has 5 heterocycles. The van der Waals surface area contributed by atoms with E-state index in [1.54, 1.807) is 6.07 Å². The smallest absolute Gasteiger partial charge is 0.356 e. The maximum atomic E-state index is 13.1. The first-order chi connectivity index (χ1) is 14.9. The summed E-state index contributed by atoms with van der Waals surface area (Å²) in [5.41, 5.74) is 2.71. The van der Waals surface area contributed by atoms with Crippen LogP contribution in [0.1, 0.15) is 35.7 Å². The molecule has 1 N–H and O–H groups in total. The Morgan fingerprint density at radius 2 is 2.00 bits per heavy atom. The number of anilines is 1. The van der Waals surface area contributed by atoms with Crippen molar-refractivity contribution in [2.75, 3.05) is 18.0 Å². The Balaban J connectivity index is 1.47. The highest BCUT2D eigenvalue weighted by atomic mass is 19.4. The van der Waals surface area contributed by atoms with Crippen molar-refractivity contribution in [3.63, 3.8) is 0 Å². The highest BCUT2D eigenvalue weighted by Gasteiger charge is 2.33. The summed E-state index contributed by atoms with van der Waals surface area (Å²) >= 11 is 0. The van der Waals surface area contributed by atoms with Gasteiger partial charge in [-0.2, -0.15) is 18.3 Å². The molecule has 1 aliphatic rings. The van der Waals surface area contributed by atoms with Gasteiger partial charge in [0.2, 0.25) is 0 Å². The molecule has 1 saturated heterocycles. The maximum Gasteiger partial charge on any atom is 0.434 e. The Morgan fingerprint density at radius 3 is 2.77 bits per heavy atom. The Hall–Kier alpha value is -3.43. The van der Waals surface area contributed by atoms with E-state index >= 15 is 0 Å². The van der Waals surface area contributed by atoms with Gasteiger partial charge in [-0.3, -0.25) is 9.50 Å². The van der Waals surface area contributed by atoms with Crippen molar-refractivity contribution in [2.45, 2.75) is 31.9 Å². The van der Waals surface area contributed by atoms with Gasteiger partial charge in [-0.15, -0.1) is 0 Å². The number of nitrogens with zero attached hydrogens (tertiary/aromatic N) is 6. The molecule has 4 aromatic heterocycles. The number of piperidine rings is 1. The summed E-state index contributed by atoms with van der Waals surface area (Å²) in [5.74, 6) is 1.15.